The Hall–Kier alpha value is -0.810. The SMILES string of the molecule is CC(=O)N[C@@H](CC[C@H]1OC(CO)[C@H](O)C(O)C1O)[C@H](O)[C@@H](C)O. The lowest BCUT2D eigenvalue weighted by Crippen LogP contribution is -2.58. The van der Waals surface area contributed by atoms with Crippen LogP contribution in [0.5, 0.6) is 0 Å². The zero-order valence-corrected chi connectivity index (χ0v) is 13.2. The number of aliphatic hydroxyl groups excluding tert-OH is 6. The van der Waals surface area contributed by atoms with Gasteiger partial charge in [0.15, 0.2) is 0 Å². The molecule has 1 aliphatic heterocycles. The molecule has 1 fully saturated rings. The molecule has 1 aliphatic rings. The fourth-order valence-electron chi connectivity index (χ4n) is 2.69. The van der Waals surface area contributed by atoms with E-state index < -0.39 is 55.4 Å². The minimum Gasteiger partial charge on any atom is -0.394 e. The van der Waals surface area contributed by atoms with E-state index >= 15 is 0 Å². The summed E-state index contributed by atoms with van der Waals surface area (Å²) in [6.45, 7) is 2.13. The van der Waals surface area contributed by atoms with Gasteiger partial charge in [-0.15, -0.1) is 0 Å². The van der Waals surface area contributed by atoms with Crippen molar-refractivity contribution in [2.24, 2.45) is 0 Å². The Morgan fingerprint density at radius 2 is 1.70 bits per heavy atom. The molecule has 1 amide bonds. The zero-order valence-electron chi connectivity index (χ0n) is 13.2. The van der Waals surface area contributed by atoms with Crippen LogP contribution >= 0.6 is 0 Å². The molecule has 0 aromatic carbocycles. The molecule has 1 saturated heterocycles. The van der Waals surface area contributed by atoms with Crippen LogP contribution in [0.3, 0.4) is 0 Å². The molecule has 0 radical (unpaired) electrons. The van der Waals surface area contributed by atoms with Gasteiger partial charge in [-0.05, 0) is 19.8 Å². The summed E-state index contributed by atoms with van der Waals surface area (Å²) >= 11 is 0. The number of nitrogens with one attached hydrogen (secondary N) is 1. The third-order valence-electron chi connectivity index (χ3n) is 4.05. The van der Waals surface area contributed by atoms with Crippen LogP contribution in [0.15, 0.2) is 0 Å². The highest BCUT2D eigenvalue weighted by Crippen LogP contribution is 2.25. The van der Waals surface area contributed by atoms with Crippen LogP contribution in [0.4, 0.5) is 0 Å². The molecule has 0 aromatic rings. The summed E-state index contributed by atoms with van der Waals surface area (Å²) in [6, 6.07) is -0.764. The van der Waals surface area contributed by atoms with Gasteiger partial charge in [-0.1, -0.05) is 0 Å². The van der Waals surface area contributed by atoms with E-state index in [1.54, 1.807) is 0 Å². The quantitative estimate of drug-likeness (QED) is 0.256. The maximum atomic E-state index is 11.2. The van der Waals surface area contributed by atoms with Crippen molar-refractivity contribution in [1.82, 2.24) is 5.32 Å². The Bertz CT molecular complexity index is 378. The van der Waals surface area contributed by atoms with Gasteiger partial charge >= 0.3 is 0 Å². The van der Waals surface area contributed by atoms with Crippen molar-refractivity contribution < 1.29 is 40.2 Å². The van der Waals surface area contributed by atoms with Crippen LogP contribution in [0.2, 0.25) is 0 Å². The molecule has 23 heavy (non-hydrogen) atoms. The molecule has 136 valence electrons. The Kier molecular flexibility index (Phi) is 7.81. The van der Waals surface area contributed by atoms with E-state index in [1.165, 1.54) is 13.8 Å². The number of rotatable bonds is 7. The van der Waals surface area contributed by atoms with Crippen molar-refractivity contribution in [2.45, 2.75) is 75.5 Å². The second-order valence-electron chi connectivity index (χ2n) is 5.98. The number of carbonyl (C=O) groups is 1. The Morgan fingerprint density at radius 1 is 1.13 bits per heavy atom. The number of carbonyl (C=O) groups excluding carboxylic acids is 1. The van der Waals surface area contributed by atoms with Gasteiger partial charge < -0.3 is 40.7 Å². The summed E-state index contributed by atoms with van der Waals surface area (Å²) in [5.74, 6) is -0.386. The zero-order chi connectivity index (χ0) is 17.7. The number of hydrogen-bond donors (Lipinski definition) is 7. The van der Waals surface area contributed by atoms with Crippen LogP contribution in [-0.2, 0) is 9.53 Å². The first-order valence-electron chi connectivity index (χ1n) is 7.62. The second-order valence-corrected chi connectivity index (χ2v) is 5.98. The predicted octanol–water partition coefficient (Wildman–Crippen LogP) is -3.14. The molecule has 8 atom stereocenters. The fraction of sp³-hybridized carbons (Fsp3) is 0.929. The minimum absolute atomic E-state index is 0.135. The first kappa shape index (κ1) is 20.2. The smallest absolute Gasteiger partial charge is 0.217 e. The van der Waals surface area contributed by atoms with Gasteiger partial charge in [0.25, 0.3) is 0 Å². The van der Waals surface area contributed by atoms with Crippen LogP contribution in [0.1, 0.15) is 26.7 Å². The maximum absolute atomic E-state index is 11.2. The summed E-state index contributed by atoms with van der Waals surface area (Å²) in [5, 5.41) is 60.4. The molecule has 0 bridgehead atoms. The van der Waals surface area contributed by atoms with Gasteiger partial charge in [-0.25, -0.2) is 0 Å². The highest BCUT2D eigenvalue weighted by molar-refractivity contribution is 5.73. The first-order chi connectivity index (χ1) is 10.7. The van der Waals surface area contributed by atoms with Crippen LogP contribution < -0.4 is 5.32 Å². The van der Waals surface area contributed by atoms with E-state index in [0.29, 0.717) is 0 Å². The number of ether oxygens (including phenoxy) is 1. The Labute approximate surface area is 134 Å². The molecule has 0 saturated carbocycles. The van der Waals surface area contributed by atoms with Crippen LogP contribution in [0.25, 0.3) is 0 Å². The van der Waals surface area contributed by atoms with E-state index in [1.807, 2.05) is 0 Å². The van der Waals surface area contributed by atoms with Crippen molar-refractivity contribution in [3.8, 4) is 0 Å². The van der Waals surface area contributed by atoms with Crippen molar-refractivity contribution in [1.29, 1.82) is 0 Å². The number of amides is 1. The molecule has 0 aliphatic carbocycles. The molecule has 0 spiro atoms. The van der Waals surface area contributed by atoms with Crippen molar-refractivity contribution in [3.63, 3.8) is 0 Å². The lowest BCUT2D eigenvalue weighted by molar-refractivity contribution is -0.231. The van der Waals surface area contributed by atoms with Crippen LogP contribution in [-0.4, -0.2) is 91.9 Å². The molecule has 1 heterocycles. The van der Waals surface area contributed by atoms with Gasteiger partial charge in [0.1, 0.15) is 24.4 Å². The average molecular weight is 337 g/mol. The molecule has 1 rings (SSSR count). The van der Waals surface area contributed by atoms with Gasteiger partial charge in [-0.3, -0.25) is 4.79 Å². The summed E-state index contributed by atoms with van der Waals surface area (Å²) in [6.07, 6.45) is -8.13. The molecule has 3 unspecified atom stereocenters. The van der Waals surface area contributed by atoms with E-state index in [0.717, 1.165) is 0 Å². The third-order valence-corrected chi connectivity index (χ3v) is 4.05. The summed E-state index contributed by atoms with van der Waals surface area (Å²) < 4.78 is 5.36. The van der Waals surface area contributed by atoms with Gasteiger partial charge in [0.2, 0.25) is 5.91 Å². The molecule has 0 aromatic heterocycles. The molecule has 7 N–H and O–H groups in total. The summed E-state index contributed by atoms with van der Waals surface area (Å²) in [5.41, 5.74) is 0. The van der Waals surface area contributed by atoms with Crippen molar-refractivity contribution in [3.05, 3.63) is 0 Å². The normalized spacial score (nSPS) is 35.4. The average Bonchev–Trinajstić information content (AvgIpc) is 2.49. The van der Waals surface area contributed by atoms with E-state index in [2.05, 4.69) is 5.32 Å². The molecule has 9 heteroatoms. The number of aliphatic hydroxyl groups is 6. The van der Waals surface area contributed by atoms with Gasteiger partial charge in [0, 0.05) is 6.92 Å². The van der Waals surface area contributed by atoms with Gasteiger partial charge in [0.05, 0.1) is 31.0 Å². The highest BCUT2D eigenvalue weighted by Gasteiger charge is 2.43. The molecule has 9 nitrogen and oxygen atoms in total. The van der Waals surface area contributed by atoms with E-state index in [-0.39, 0.29) is 18.7 Å². The predicted molar refractivity (Wildman–Crippen MR) is 78.3 cm³/mol. The number of hydrogen-bond acceptors (Lipinski definition) is 8. The standard InChI is InChI=1S/C14H27NO8/c1-6(17)11(19)8(15-7(2)18)3-4-9-12(20)14(22)13(21)10(5-16)23-9/h6,8-14,16-17,19-22H,3-5H2,1-2H3,(H,15,18)/t6-,8+,9-,10?,11-,12?,13+,14?/m1/s1. The maximum Gasteiger partial charge on any atom is 0.217 e. The lowest BCUT2D eigenvalue weighted by atomic mass is 9.90. The van der Waals surface area contributed by atoms with Gasteiger partial charge in [-0.2, -0.15) is 0 Å². The lowest BCUT2D eigenvalue weighted by Gasteiger charge is -2.40. The Balaban J connectivity index is 2.69. The highest BCUT2D eigenvalue weighted by atomic mass is 16.5. The monoisotopic (exact) mass is 337 g/mol. The fourth-order valence-corrected chi connectivity index (χ4v) is 2.69. The van der Waals surface area contributed by atoms with E-state index in [9.17, 15) is 30.3 Å². The molecular weight excluding hydrogens is 310 g/mol. The largest absolute Gasteiger partial charge is 0.394 e. The van der Waals surface area contributed by atoms with E-state index in [4.69, 9.17) is 9.84 Å². The third kappa shape index (κ3) is 5.35. The van der Waals surface area contributed by atoms with Crippen LogP contribution in [0, 0.1) is 0 Å². The van der Waals surface area contributed by atoms with Crippen molar-refractivity contribution in [2.75, 3.05) is 6.61 Å². The summed E-state index contributed by atoms with van der Waals surface area (Å²) in [7, 11) is 0. The topological polar surface area (TPSA) is 160 Å². The summed E-state index contributed by atoms with van der Waals surface area (Å²) in [4.78, 5) is 11.2. The minimum atomic E-state index is -1.47. The molecular formula is C14H27NO8. The Morgan fingerprint density at radius 3 is 2.17 bits per heavy atom. The second kappa shape index (κ2) is 8.88. The van der Waals surface area contributed by atoms with Crippen molar-refractivity contribution >= 4 is 5.91 Å². The first-order valence-corrected chi connectivity index (χ1v) is 7.62.